The maximum Gasteiger partial charge on any atom is 0.144 e. The van der Waals surface area contributed by atoms with E-state index in [-0.39, 0.29) is 6.10 Å². The average molecular weight is 264 g/mol. The van der Waals surface area contributed by atoms with Gasteiger partial charge in [0.05, 0.1) is 23.1 Å². The van der Waals surface area contributed by atoms with Crippen LogP contribution in [0.25, 0.3) is 0 Å². The standard InChI is InChI=1S/C15H24N2O2/c1-11(2)19-13-7-4-6-12(14(13)16)17-9-5-8-15(3,18)10-17/h4,6-7,11,18H,5,8-10,16H2,1-3H3. The molecule has 0 amide bonds. The molecule has 3 N–H and O–H groups in total. The van der Waals surface area contributed by atoms with Crippen LogP contribution in [0.5, 0.6) is 5.75 Å². The lowest BCUT2D eigenvalue weighted by Gasteiger charge is -2.38. The molecule has 0 aromatic heterocycles. The van der Waals surface area contributed by atoms with E-state index in [1.807, 2.05) is 39.0 Å². The van der Waals surface area contributed by atoms with Gasteiger partial charge in [-0.1, -0.05) is 6.07 Å². The van der Waals surface area contributed by atoms with Crippen LogP contribution in [0.4, 0.5) is 11.4 Å². The highest BCUT2D eigenvalue weighted by Crippen LogP contribution is 2.35. The van der Waals surface area contributed by atoms with E-state index in [1.165, 1.54) is 0 Å². The number of rotatable bonds is 3. The molecule has 1 unspecified atom stereocenters. The Morgan fingerprint density at radius 1 is 1.42 bits per heavy atom. The highest BCUT2D eigenvalue weighted by Gasteiger charge is 2.29. The number of para-hydroxylation sites is 1. The summed E-state index contributed by atoms with van der Waals surface area (Å²) in [5.41, 5.74) is 7.18. The van der Waals surface area contributed by atoms with Gasteiger partial charge in [-0.3, -0.25) is 0 Å². The van der Waals surface area contributed by atoms with Crippen LogP contribution in [-0.2, 0) is 0 Å². The third kappa shape index (κ3) is 3.32. The lowest BCUT2D eigenvalue weighted by Crippen LogP contribution is -2.46. The Labute approximate surface area is 115 Å². The van der Waals surface area contributed by atoms with Gasteiger partial charge in [0.15, 0.2) is 0 Å². The normalized spacial score (nSPS) is 23.7. The highest BCUT2D eigenvalue weighted by molar-refractivity contribution is 5.74. The van der Waals surface area contributed by atoms with Crippen LogP contribution in [0.3, 0.4) is 0 Å². The molecule has 1 aliphatic rings. The van der Waals surface area contributed by atoms with E-state index in [0.29, 0.717) is 12.2 Å². The van der Waals surface area contributed by atoms with Crippen LogP contribution < -0.4 is 15.4 Å². The maximum absolute atomic E-state index is 10.2. The second kappa shape index (κ2) is 5.29. The minimum absolute atomic E-state index is 0.0991. The average Bonchev–Trinajstić information content (AvgIpc) is 2.30. The van der Waals surface area contributed by atoms with Gasteiger partial charge in [-0.05, 0) is 45.7 Å². The number of hydrogen-bond acceptors (Lipinski definition) is 4. The fraction of sp³-hybridized carbons (Fsp3) is 0.600. The molecular formula is C15H24N2O2. The van der Waals surface area contributed by atoms with Crippen LogP contribution >= 0.6 is 0 Å². The number of nitrogens with zero attached hydrogens (tertiary/aromatic N) is 1. The number of benzene rings is 1. The summed E-state index contributed by atoms with van der Waals surface area (Å²) in [6, 6.07) is 5.83. The van der Waals surface area contributed by atoms with Crippen molar-refractivity contribution in [1.29, 1.82) is 0 Å². The molecule has 0 bridgehead atoms. The molecule has 1 aromatic rings. The first-order valence-corrected chi connectivity index (χ1v) is 6.91. The third-order valence-electron chi connectivity index (χ3n) is 3.42. The summed E-state index contributed by atoms with van der Waals surface area (Å²) in [7, 11) is 0. The number of piperidine rings is 1. The zero-order valence-corrected chi connectivity index (χ0v) is 12.0. The molecule has 19 heavy (non-hydrogen) atoms. The quantitative estimate of drug-likeness (QED) is 0.823. The van der Waals surface area contributed by atoms with Crippen molar-refractivity contribution in [2.45, 2.75) is 45.3 Å². The van der Waals surface area contributed by atoms with Crippen LogP contribution in [-0.4, -0.2) is 29.9 Å². The van der Waals surface area contributed by atoms with Crippen molar-refractivity contribution in [3.63, 3.8) is 0 Å². The molecule has 0 radical (unpaired) electrons. The molecule has 4 heteroatoms. The predicted molar refractivity (Wildman–Crippen MR) is 78.7 cm³/mol. The molecule has 1 atom stereocenters. The van der Waals surface area contributed by atoms with Crippen LogP contribution in [0.1, 0.15) is 33.6 Å². The van der Waals surface area contributed by atoms with Gasteiger partial charge in [-0.2, -0.15) is 0 Å². The zero-order chi connectivity index (χ0) is 14.0. The number of hydrogen-bond donors (Lipinski definition) is 2. The van der Waals surface area contributed by atoms with Gasteiger partial charge in [0, 0.05) is 13.1 Å². The Bertz CT molecular complexity index is 444. The van der Waals surface area contributed by atoms with Gasteiger partial charge in [0.2, 0.25) is 0 Å². The van der Waals surface area contributed by atoms with E-state index >= 15 is 0 Å². The monoisotopic (exact) mass is 264 g/mol. The Morgan fingerprint density at radius 3 is 2.79 bits per heavy atom. The number of anilines is 2. The highest BCUT2D eigenvalue weighted by atomic mass is 16.5. The largest absolute Gasteiger partial charge is 0.489 e. The van der Waals surface area contributed by atoms with Gasteiger partial charge in [-0.25, -0.2) is 0 Å². The lowest BCUT2D eigenvalue weighted by molar-refractivity contribution is 0.0449. The van der Waals surface area contributed by atoms with Crippen LogP contribution in [0.15, 0.2) is 18.2 Å². The summed E-state index contributed by atoms with van der Waals surface area (Å²) in [5, 5.41) is 10.2. The molecule has 106 valence electrons. The lowest BCUT2D eigenvalue weighted by atomic mass is 9.94. The van der Waals surface area contributed by atoms with Crippen molar-refractivity contribution < 1.29 is 9.84 Å². The predicted octanol–water partition coefficient (Wildman–Crippen LogP) is 2.41. The molecule has 0 saturated carbocycles. The maximum atomic E-state index is 10.2. The van der Waals surface area contributed by atoms with Gasteiger partial charge in [0.25, 0.3) is 0 Å². The number of aliphatic hydroxyl groups is 1. The number of ether oxygens (including phenoxy) is 1. The Morgan fingerprint density at radius 2 is 2.16 bits per heavy atom. The SMILES string of the molecule is CC(C)Oc1cccc(N2CCCC(C)(O)C2)c1N. The van der Waals surface area contributed by atoms with Crippen molar-refractivity contribution in [3.8, 4) is 5.75 Å². The van der Waals surface area contributed by atoms with Gasteiger partial charge < -0.3 is 20.5 Å². The molecule has 1 fully saturated rings. The van der Waals surface area contributed by atoms with Gasteiger partial charge in [-0.15, -0.1) is 0 Å². The number of nitrogens with two attached hydrogens (primary N) is 1. The second-order valence-corrected chi connectivity index (χ2v) is 5.88. The minimum atomic E-state index is -0.639. The Balaban J connectivity index is 2.24. The van der Waals surface area contributed by atoms with E-state index in [4.69, 9.17) is 10.5 Å². The third-order valence-corrected chi connectivity index (χ3v) is 3.42. The van der Waals surface area contributed by atoms with E-state index in [9.17, 15) is 5.11 Å². The molecule has 0 spiro atoms. The smallest absolute Gasteiger partial charge is 0.144 e. The van der Waals surface area contributed by atoms with Gasteiger partial charge >= 0.3 is 0 Å². The van der Waals surface area contributed by atoms with Crippen molar-refractivity contribution in [3.05, 3.63) is 18.2 Å². The summed E-state index contributed by atoms with van der Waals surface area (Å²) < 4.78 is 5.71. The summed E-state index contributed by atoms with van der Waals surface area (Å²) in [5.74, 6) is 0.720. The Kier molecular flexibility index (Phi) is 3.90. The van der Waals surface area contributed by atoms with Crippen LogP contribution in [0.2, 0.25) is 0 Å². The molecule has 2 rings (SSSR count). The molecule has 4 nitrogen and oxygen atoms in total. The Hall–Kier alpha value is -1.42. The molecular weight excluding hydrogens is 240 g/mol. The summed E-state index contributed by atoms with van der Waals surface area (Å²) >= 11 is 0. The molecule has 1 aliphatic heterocycles. The fourth-order valence-electron chi connectivity index (χ4n) is 2.59. The summed E-state index contributed by atoms with van der Waals surface area (Å²) in [6.45, 7) is 7.38. The van der Waals surface area contributed by atoms with E-state index < -0.39 is 5.60 Å². The molecule has 1 saturated heterocycles. The molecule has 1 heterocycles. The van der Waals surface area contributed by atoms with Crippen LogP contribution in [0, 0.1) is 0 Å². The van der Waals surface area contributed by atoms with Gasteiger partial charge in [0.1, 0.15) is 5.75 Å². The van der Waals surface area contributed by atoms with E-state index in [2.05, 4.69) is 4.90 Å². The van der Waals surface area contributed by atoms with Crippen molar-refractivity contribution >= 4 is 11.4 Å². The van der Waals surface area contributed by atoms with Crippen molar-refractivity contribution in [1.82, 2.24) is 0 Å². The summed E-state index contributed by atoms with van der Waals surface area (Å²) in [6.07, 6.45) is 1.91. The fourth-order valence-corrected chi connectivity index (χ4v) is 2.59. The molecule has 0 aliphatic carbocycles. The van der Waals surface area contributed by atoms with E-state index in [0.717, 1.165) is 30.8 Å². The number of β-amino-alcohol motifs (C(OH)–C–C–N with tert-alkyl or cyclic N) is 1. The topological polar surface area (TPSA) is 58.7 Å². The van der Waals surface area contributed by atoms with Crippen molar-refractivity contribution in [2.75, 3.05) is 23.7 Å². The summed E-state index contributed by atoms with van der Waals surface area (Å²) in [4.78, 5) is 2.14. The zero-order valence-electron chi connectivity index (χ0n) is 12.0. The minimum Gasteiger partial charge on any atom is -0.489 e. The first-order valence-electron chi connectivity index (χ1n) is 6.91. The number of nitrogen functional groups attached to an aromatic ring is 1. The first-order chi connectivity index (χ1) is 8.89. The second-order valence-electron chi connectivity index (χ2n) is 5.88. The van der Waals surface area contributed by atoms with Crippen molar-refractivity contribution in [2.24, 2.45) is 0 Å². The molecule has 1 aromatic carbocycles. The van der Waals surface area contributed by atoms with E-state index in [1.54, 1.807) is 0 Å². The first kappa shape index (κ1) is 14.0.